The van der Waals surface area contributed by atoms with E-state index in [0.717, 1.165) is 128 Å². The number of anilines is 6. The molecule has 106 heavy (non-hydrogen) atoms. The molecule has 0 atom stereocenters. The number of fused-ring (bicyclic) bond motifs is 7. The number of hydrogen-bond acceptors (Lipinski definition) is 2. The van der Waals surface area contributed by atoms with Crippen LogP contribution in [0.2, 0.25) is 0 Å². The third-order valence-corrected chi connectivity index (χ3v) is 22.1. The van der Waals surface area contributed by atoms with E-state index in [1.165, 1.54) is 22.3 Å². The maximum absolute atomic E-state index is 10.3. The van der Waals surface area contributed by atoms with Gasteiger partial charge in [-0.15, -0.1) is 0 Å². The summed E-state index contributed by atoms with van der Waals surface area (Å²) in [5.41, 5.74) is 26.3. The zero-order chi connectivity index (χ0) is 81.3. The Labute approximate surface area is 642 Å². The Morgan fingerprint density at radius 3 is 0.840 bits per heavy atom. The van der Waals surface area contributed by atoms with E-state index in [9.17, 15) is 11.0 Å². The molecular weight excluding hydrogens is 1280 g/mol. The van der Waals surface area contributed by atoms with Gasteiger partial charge in [0, 0.05) is 55.8 Å². The fourth-order valence-electron chi connectivity index (χ4n) is 15.9. The average molecular weight is 1390 g/mol. The molecule has 0 radical (unpaired) electrons. The van der Waals surface area contributed by atoms with Crippen LogP contribution >= 0.6 is 0 Å². The Kier molecular flexibility index (Phi) is 14.6. The zero-order valence-electron chi connectivity index (χ0n) is 72.9. The van der Waals surface area contributed by atoms with Crippen LogP contribution in [0.25, 0.3) is 94.3 Å². The fourth-order valence-corrected chi connectivity index (χ4v) is 15.9. The Morgan fingerprint density at radius 1 is 0.264 bits per heavy atom. The van der Waals surface area contributed by atoms with Crippen molar-refractivity contribution in [1.29, 1.82) is 0 Å². The molecule has 0 aliphatic carbocycles. The number of nitrogens with zero attached hydrogens (tertiary/aromatic N) is 3. The molecule has 0 saturated heterocycles. The lowest BCUT2D eigenvalue weighted by atomic mass is 9.33. The van der Waals surface area contributed by atoms with E-state index in [1.54, 1.807) is 4.57 Å². The van der Waals surface area contributed by atoms with Crippen LogP contribution in [0.5, 0.6) is 0 Å². The van der Waals surface area contributed by atoms with Crippen molar-refractivity contribution in [2.45, 2.75) is 157 Å². The molecule has 0 fully saturated rings. The predicted octanol–water partition coefficient (Wildman–Crippen LogP) is 26.7. The first-order valence-electron chi connectivity index (χ1n) is 41.7. The number of para-hydroxylation sites is 2. The fraction of sp³-hybridized carbons (Fsp3) is 0.235. The van der Waals surface area contributed by atoms with Crippen LogP contribution in [0.4, 0.5) is 34.1 Å². The van der Waals surface area contributed by atoms with E-state index in [0.29, 0.717) is 5.69 Å². The van der Waals surface area contributed by atoms with E-state index in [1.807, 2.05) is 0 Å². The minimum atomic E-state index is -0.516. The highest BCUT2D eigenvalue weighted by Crippen LogP contribution is 2.56. The minimum Gasteiger partial charge on any atom is -0.310 e. The van der Waals surface area contributed by atoms with Crippen molar-refractivity contribution in [2.75, 3.05) is 9.80 Å². The molecule has 16 rings (SSSR count). The average Bonchev–Trinajstić information content (AvgIpc) is 0.933. The van der Waals surface area contributed by atoms with E-state index >= 15 is 0 Å². The zero-order valence-corrected chi connectivity index (χ0v) is 64.9. The smallest absolute Gasteiger partial charge is 0.252 e. The molecule has 0 spiro atoms. The van der Waals surface area contributed by atoms with Gasteiger partial charge in [-0.05, 0) is 187 Å². The van der Waals surface area contributed by atoms with Crippen LogP contribution in [-0.4, -0.2) is 11.3 Å². The van der Waals surface area contributed by atoms with Crippen molar-refractivity contribution in [3.8, 4) is 72.4 Å². The monoisotopic (exact) mass is 1390 g/mol. The third-order valence-electron chi connectivity index (χ3n) is 22.1. The summed E-state index contributed by atoms with van der Waals surface area (Å²) < 4.78 is 80.1. The largest absolute Gasteiger partial charge is 0.310 e. The summed E-state index contributed by atoms with van der Waals surface area (Å²) in [5.74, 6) is 0. The quantitative estimate of drug-likeness (QED) is 0.133. The Bertz CT molecular complexity index is 5700. The molecule has 0 saturated carbocycles. The molecule has 0 bridgehead atoms. The first kappa shape index (κ1) is 60.6. The second kappa shape index (κ2) is 25.5. The van der Waals surface area contributed by atoms with Gasteiger partial charge in [-0.2, -0.15) is 0 Å². The third kappa shape index (κ3) is 12.4. The number of hydrogen-bond donors (Lipinski definition) is 0. The van der Waals surface area contributed by atoms with Gasteiger partial charge >= 0.3 is 0 Å². The molecule has 0 N–H and O–H groups in total. The first-order chi connectivity index (χ1) is 53.7. The molecule has 526 valence electrons. The maximum atomic E-state index is 10.3. The number of benzene rings is 13. The van der Waals surface area contributed by atoms with Gasteiger partial charge in [0.25, 0.3) is 6.71 Å². The van der Waals surface area contributed by atoms with Gasteiger partial charge in [-0.3, -0.25) is 0 Å². The van der Waals surface area contributed by atoms with Gasteiger partial charge in [0.05, 0.1) is 39.1 Å². The molecule has 0 amide bonds. The molecule has 2 aliphatic heterocycles. The number of aromatic nitrogens is 1. The van der Waals surface area contributed by atoms with Gasteiger partial charge in [-0.1, -0.05) is 343 Å². The summed E-state index contributed by atoms with van der Waals surface area (Å²) in [6, 6.07) is 81.5. The van der Waals surface area contributed by atoms with E-state index in [2.05, 4.69) is 365 Å². The molecule has 14 aromatic rings. The summed E-state index contributed by atoms with van der Waals surface area (Å²) in [6.07, 6.45) is 0. The summed E-state index contributed by atoms with van der Waals surface area (Å²) >= 11 is 0. The topological polar surface area (TPSA) is 11.4 Å². The lowest BCUT2D eigenvalue weighted by Gasteiger charge is -2.46. The van der Waals surface area contributed by atoms with Gasteiger partial charge in [0.2, 0.25) is 0 Å². The first-order valence-corrected chi connectivity index (χ1v) is 37.7. The number of rotatable bonds is 9. The lowest BCUT2D eigenvalue weighted by Crippen LogP contribution is -2.61. The molecule has 13 aromatic carbocycles. The molecule has 1 aromatic heterocycles. The lowest BCUT2D eigenvalue weighted by molar-refractivity contribution is 0.568. The molecule has 2 aliphatic rings. The van der Waals surface area contributed by atoms with E-state index in [4.69, 9.17) is 0 Å². The van der Waals surface area contributed by atoms with E-state index in [-0.39, 0.29) is 66.4 Å². The predicted molar refractivity (Wildman–Crippen MR) is 460 cm³/mol. The van der Waals surface area contributed by atoms with Gasteiger partial charge in [0.1, 0.15) is 0 Å². The SMILES string of the molecule is [2H]c1c([2H])c([2H])c2c(c1[2H])c1c([2H])c([2H])c([2H])c([2H])c1n2-c1cc2c3c(c1)N(c1c(-c4ccccc4)cc(C(C)(C)C)cc1-c1ccccc1)c1cc(-c4cc(C(C)(C)C)cc(C(C)(C)C)c4)ccc1B3c1ccc(-c3cc(C(C)(C)C)cc(C(C)(C)C)c3)cc1N2c1c(-c2ccccc2)cc(C(C)(C)C)cc1-c1ccccc1. The highest BCUT2D eigenvalue weighted by Gasteiger charge is 2.47. The summed E-state index contributed by atoms with van der Waals surface area (Å²) in [6.45, 7) is 40.6. The Morgan fingerprint density at radius 2 is 0.547 bits per heavy atom. The summed E-state index contributed by atoms with van der Waals surface area (Å²) in [4.78, 5) is 4.99. The minimum absolute atomic E-state index is 0.00357. The van der Waals surface area contributed by atoms with Crippen LogP contribution in [-0.2, 0) is 32.5 Å². The van der Waals surface area contributed by atoms with Gasteiger partial charge in [0.15, 0.2) is 0 Å². The Balaban J connectivity index is 1.19. The Hall–Kier alpha value is -10.7. The standard InChI is InChI=1S/C102H100BN3/c1-97(2,3)73-51-71(52-74(57-73)98(4,5)6)69-47-49-86-90(55-69)105(95-82(65-35-23-19-24-36-65)59-77(101(13,14)15)60-83(95)66-37-25-20-26-38-66)92-63-79(104-88-45-33-31-43-80(88)81-44-32-34-46-89(81)104)64-93-94(92)103(86)87-50-48-70(72-53-75(99(7,8)9)58-76(54-72)100(10,11)12)56-91(87)106(93)96-84(67-39-27-21-28-40-67)61-78(102(16,17)18)62-85(96)68-41-29-22-30-42-68/h19-64H,1-18H3/i31D,32D,33D,34D,43D,44D,45D,46D. The summed E-state index contributed by atoms with van der Waals surface area (Å²) in [7, 11) is 0. The maximum Gasteiger partial charge on any atom is 0.252 e. The molecule has 3 heterocycles. The van der Waals surface area contributed by atoms with Crippen LogP contribution in [0.3, 0.4) is 0 Å². The van der Waals surface area contributed by atoms with Crippen molar-refractivity contribution in [1.82, 2.24) is 4.57 Å². The van der Waals surface area contributed by atoms with Crippen LogP contribution in [0, 0.1) is 0 Å². The van der Waals surface area contributed by atoms with Crippen molar-refractivity contribution in [3.63, 3.8) is 0 Å². The van der Waals surface area contributed by atoms with Crippen molar-refractivity contribution in [3.05, 3.63) is 312 Å². The van der Waals surface area contributed by atoms with Gasteiger partial charge < -0.3 is 14.4 Å². The molecule has 4 heteroatoms. The van der Waals surface area contributed by atoms with Gasteiger partial charge in [-0.25, -0.2) is 0 Å². The van der Waals surface area contributed by atoms with Crippen LogP contribution in [0.1, 0.15) is 169 Å². The summed E-state index contributed by atoms with van der Waals surface area (Å²) in [5, 5.41) is -0.00713. The highest BCUT2D eigenvalue weighted by molar-refractivity contribution is 7.00. The van der Waals surface area contributed by atoms with Crippen LogP contribution < -0.4 is 26.2 Å². The molecular formula is C102H100BN3. The van der Waals surface area contributed by atoms with Crippen molar-refractivity contribution >= 4 is 79.0 Å². The van der Waals surface area contributed by atoms with E-state index < -0.39 is 43.0 Å². The molecule has 3 nitrogen and oxygen atoms in total. The van der Waals surface area contributed by atoms with Crippen LogP contribution in [0.15, 0.2) is 279 Å². The van der Waals surface area contributed by atoms with Crippen molar-refractivity contribution < 1.29 is 11.0 Å². The second-order valence-electron chi connectivity index (χ2n) is 35.7. The van der Waals surface area contributed by atoms with Crippen molar-refractivity contribution in [2.24, 2.45) is 0 Å². The highest BCUT2D eigenvalue weighted by atomic mass is 15.2. The molecule has 0 unspecified atom stereocenters. The second-order valence-corrected chi connectivity index (χ2v) is 35.7. The normalized spacial score (nSPS) is 14.4.